The van der Waals surface area contributed by atoms with Crippen LogP contribution in [0, 0.1) is 0 Å². The van der Waals surface area contributed by atoms with Gasteiger partial charge in [-0.25, -0.2) is 0 Å². The molecule has 672 valence electrons. The van der Waals surface area contributed by atoms with Crippen LogP contribution in [0.2, 0.25) is 0 Å². The molecule has 4 aromatic heterocycles. The van der Waals surface area contributed by atoms with Gasteiger partial charge in [0.25, 0.3) is 0 Å². The lowest BCUT2D eigenvalue weighted by Crippen LogP contribution is -1.91. The first-order chi connectivity index (χ1) is 95.6. The minimum absolute atomic E-state index is 0.0107. The van der Waals surface area contributed by atoms with Gasteiger partial charge in [0.2, 0.25) is 0 Å². The molecule has 26 aromatic carbocycles. The van der Waals surface area contributed by atoms with E-state index in [0.29, 0.717) is 54.8 Å². The summed E-state index contributed by atoms with van der Waals surface area (Å²) in [5, 5.41) is -0.911. The van der Waals surface area contributed by atoms with Crippen molar-refractivity contribution in [2.24, 2.45) is 0 Å². The summed E-state index contributed by atoms with van der Waals surface area (Å²) in [5.41, 5.74) is 1.14. The van der Waals surface area contributed by atoms with Gasteiger partial charge >= 0.3 is 0 Å². The van der Waals surface area contributed by atoms with Crippen molar-refractivity contribution in [2.75, 3.05) is 0 Å². The van der Waals surface area contributed by atoms with Crippen LogP contribution in [0.5, 0.6) is 0 Å². The molecule has 0 amide bonds. The van der Waals surface area contributed by atoms with Crippen LogP contribution in [0.25, 0.3) is 285 Å². The Bertz CT molecular complexity index is 13700. The van der Waals surface area contributed by atoms with Gasteiger partial charge in [0.1, 0.15) is 44.7 Å². The molecule has 0 saturated carbocycles. The summed E-state index contributed by atoms with van der Waals surface area (Å²) < 4.78 is 533. The molecule has 0 aliphatic carbocycles. The Kier molecular flexibility index (Phi) is 10.9. The Balaban J connectivity index is 0.000000123. The van der Waals surface area contributed by atoms with Gasteiger partial charge in [-0.15, -0.1) is 0 Å². The first-order valence-electron chi connectivity index (χ1n) is 73.6. The molecule has 0 N–H and O–H groups in total. The van der Waals surface area contributed by atoms with Crippen molar-refractivity contribution in [1.29, 1.82) is 0 Å². The first-order valence-corrected chi connectivity index (χ1v) is 44.6. The van der Waals surface area contributed by atoms with Crippen LogP contribution in [0.1, 0.15) is 79.5 Å². The predicted octanol–water partition coefficient (Wildman–Crippen LogP) is 40.2. The van der Waals surface area contributed by atoms with E-state index in [1.54, 1.807) is 127 Å². The van der Waals surface area contributed by atoms with E-state index < -0.39 is 383 Å². The van der Waals surface area contributed by atoms with E-state index >= 15 is 0 Å². The molecule has 0 aliphatic heterocycles. The van der Waals surface area contributed by atoms with E-state index in [9.17, 15) is 11.0 Å². The summed E-state index contributed by atoms with van der Waals surface area (Å²) in [6.45, 7) is 0. The Morgan fingerprint density at radius 2 is 0.347 bits per heavy atom. The number of hydrogen-bond acceptors (Lipinski definition) is 4. The zero-order valence-electron chi connectivity index (χ0n) is 132. The van der Waals surface area contributed by atoms with Gasteiger partial charge in [0, 0.05) is 54.2 Å². The molecule has 0 saturated heterocycles. The molecule has 30 rings (SSSR count). The second-order valence-corrected chi connectivity index (χ2v) is 32.8. The summed E-state index contributed by atoms with van der Waals surface area (Å²) in [4.78, 5) is 0. The fourth-order valence-electron chi connectivity index (χ4n) is 19.4. The molecule has 0 spiro atoms. The number of benzene rings is 26. The van der Waals surface area contributed by atoms with Gasteiger partial charge in [0.05, 0.1) is 79.5 Å². The Morgan fingerprint density at radius 3 is 0.674 bits per heavy atom. The van der Waals surface area contributed by atoms with Gasteiger partial charge in [-0.1, -0.05) is 496 Å². The van der Waals surface area contributed by atoms with E-state index in [1.807, 2.05) is 48.5 Å². The van der Waals surface area contributed by atoms with E-state index in [4.69, 9.17) is 86.2 Å². The zero-order chi connectivity index (χ0) is 146. The van der Waals surface area contributed by atoms with Crippen molar-refractivity contribution < 1.29 is 97.2 Å². The van der Waals surface area contributed by atoms with E-state index in [1.165, 1.54) is 6.07 Å². The van der Waals surface area contributed by atoms with Gasteiger partial charge in [-0.2, -0.15) is 0 Å². The minimum Gasteiger partial charge on any atom is -0.456 e. The molecule has 0 fully saturated rings. The number of rotatable bonds is 10. The average Bonchev–Trinajstić information content (AvgIpc) is 1.20. The van der Waals surface area contributed by atoms with Crippen molar-refractivity contribution in [3.63, 3.8) is 0 Å². The highest BCUT2D eigenvalue weighted by Gasteiger charge is 2.28. The third-order valence-electron chi connectivity index (χ3n) is 25.2. The SMILES string of the molecule is [2H]c1c([2H])c(-c2c3c([2H])c([2H])c([2H])c([2H])c3c(-c3ccccc3)c3c([2H])c([2H])c([2H])c([2H])c23)c2c(oc3ccccc32)c1[2H].[2H]c1c([2H])c([2H])c(-c2c3c([2H])c([2H])c([2H])c([2H])c3c(-c3c([2H])c([2H])c([2H])c4oc5ccccc5c34)c3c([2H])c([2H])c([2H])c([2H])c23)c([2H])c1[2H].[2H]c1c([2H])c([2H])c(-c2c3c([2H])c([2H])c([2H])c([2H])c3c(-c3cccc4oc5c(-c6ccccc6)cccc5c34)c3c([2H])c([2H])c([2H])c([2H])c23)c([2H])c1[2H].[2H]c1c([2H])c([2H])c(-c2cccc3c2oc2cccc(-c4c5c([2H])c([2H])c([2H])c([2H])c5c(-c5c([2H])c([2H])c([2H])c([2H])c5[2H])c5c([2H])c([2H])c([2H])c([2H])c45)c23)c([2H])c1[2H]. The van der Waals surface area contributed by atoms with Crippen LogP contribution in [0.4, 0.5) is 0 Å². The number of para-hydroxylation sites is 4. The maximum absolute atomic E-state index is 9.28. The second-order valence-electron chi connectivity index (χ2n) is 32.8. The third kappa shape index (κ3) is 14.2. The summed E-state index contributed by atoms with van der Waals surface area (Å²) in [6, 6.07) is 14.3. The number of furan rings is 4. The normalized spacial score (nSPS) is 17.2. The standard InChI is InChI=1S/2C38H24O.2C32H20O/c2*1-3-13-25(14-4-1)27-21-11-23-33-37-32(22-12-24-34(37)39-38(27)33)36-30-19-9-7-17-28(30)35(26-15-5-2-6-16-26)29-18-8-10-20-31(29)36;2*1-2-11-21(12-3-1)30-22-13-4-6-15-24(22)31(25-16-7-5-14-23(25)30)27-18-10-20-29-32(27)26-17-8-9-19-28(26)33-29/h2*1-24H;2*1-20H/i1D,2D,3D,4D,5D,6D,7D,8D,9D,10D,13D,14D,15D,16D,17D,18D,19D,20D;2D,5D,6D,7D,8D,9D,10D,15D,16D,17D,18D,19D,20D;1D,2D,3D,4D,5D,6D,7D,10D,11D,12D,13D,14D,15D,16D,18D,20D;4D,5D,6D,7D,10D,13D,14D,15D,16D,18D,20D. The predicted molar refractivity (Wildman–Crippen MR) is 609 cm³/mol. The molecule has 0 radical (unpaired) electrons. The quantitative estimate of drug-likeness (QED) is 0.128. The second kappa shape index (κ2) is 35.8. The molecule has 4 heteroatoms. The zero-order valence-corrected chi connectivity index (χ0v) is 74.0. The molecular formula is C140H88O4. The summed E-state index contributed by atoms with van der Waals surface area (Å²) in [6.07, 6.45) is 0. The number of hydrogen-bond donors (Lipinski definition) is 0. The lowest BCUT2D eigenvalue weighted by Gasteiger charge is -2.18. The Morgan fingerprint density at radius 1 is 0.118 bits per heavy atom. The van der Waals surface area contributed by atoms with Crippen LogP contribution in [0.3, 0.4) is 0 Å². The lowest BCUT2D eigenvalue weighted by atomic mass is 9.85. The van der Waals surface area contributed by atoms with Crippen molar-refractivity contribution in [1.82, 2.24) is 0 Å². The van der Waals surface area contributed by atoms with Gasteiger partial charge < -0.3 is 17.7 Å². The molecule has 0 bridgehead atoms. The fourth-order valence-corrected chi connectivity index (χ4v) is 19.4. The van der Waals surface area contributed by atoms with Gasteiger partial charge in [-0.05, 0) is 223 Å². The van der Waals surface area contributed by atoms with Crippen molar-refractivity contribution >= 4 is 174 Å². The highest BCUT2D eigenvalue weighted by Crippen LogP contribution is 2.54. The molecule has 0 atom stereocenters. The first kappa shape index (κ1) is 44.0. The maximum atomic E-state index is 9.28. The minimum atomic E-state index is -0.784. The largest absolute Gasteiger partial charge is 0.456 e. The monoisotopic (exact) mass is 1890 g/mol. The topological polar surface area (TPSA) is 52.6 Å². The molecule has 4 heterocycles. The van der Waals surface area contributed by atoms with Crippen LogP contribution in [0.15, 0.2) is 550 Å². The molecule has 144 heavy (non-hydrogen) atoms. The van der Waals surface area contributed by atoms with Crippen molar-refractivity contribution in [3.05, 3.63) is 532 Å². The van der Waals surface area contributed by atoms with Crippen LogP contribution < -0.4 is 0 Å². The lowest BCUT2D eigenvalue weighted by molar-refractivity contribution is 0.668. The van der Waals surface area contributed by atoms with Crippen molar-refractivity contribution in [2.45, 2.75) is 0 Å². The van der Waals surface area contributed by atoms with Gasteiger partial charge in [-0.3, -0.25) is 0 Å². The molecule has 4 nitrogen and oxygen atoms in total. The van der Waals surface area contributed by atoms with Crippen LogP contribution in [-0.4, -0.2) is 0 Å². The highest BCUT2D eigenvalue weighted by molar-refractivity contribution is 6.32. The van der Waals surface area contributed by atoms with E-state index in [0.717, 1.165) is 11.1 Å². The Hall–Kier alpha value is -19.0. The summed E-state index contributed by atoms with van der Waals surface area (Å²) >= 11 is 0. The van der Waals surface area contributed by atoms with E-state index in [-0.39, 0.29) is 187 Å². The molecule has 30 aromatic rings. The highest BCUT2D eigenvalue weighted by atomic mass is 16.3. The van der Waals surface area contributed by atoms with Gasteiger partial charge in [0.15, 0.2) is 0 Å². The summed E-state index contributed by atoms with van der Waals surface area (Å²) in [5.74, 6) is 0. The summed E-state index contributed by atoms with van der Waals surface area (Å²) in [7, 11) is 0. The smallest absolute Gasteiger partial charge is 0.143 e. The van der Waals surface area contributed by atoms with Crippen molar-refractivity contribution in [3.8, 4) is 111 Å². The fraction of sp³-hybridized carbons (Fsp3) is 0. The van der Waals surface area contributed by atoms with E-state index in [2.05, 4.69) is 0 Å². The molecular weight excluding hydrogens is 1750 g/mol. The van der Waals surface area contributed by atoms with Crippen LogP contribution >= 0.6 is 0 Å². The van der Waals surface area contributed by atoms with Crippen LogP contribution in [-0.2, 0) is 0 Å². The number of fused-ring (bicyclic) bond motifs is 20. The third-order valence-corrected chi connectivity index (χ3v) is 25.2. The maximum Gasteiger partial charge on any atom is 0.143 e. The molecule has 0 unspecified atom stereocenters. The average molecular weight is 1890 g/mol. The Labute approximate surface area is 912 Å². The molecule has 0 aliphatic rings.